The third-order valence-electron chi connectivity index (χ3n) is 5.13. The normalized spacial score (nSPS) is 40.2. The molecule has 90 valence electrons. The van der Waals surface area contributed by atoms with Crippen LogP contribution in [0.15, 0.2) is 0 Å². The second-order valence-electron chi connectivity index (χ2n) is 6.31. The molecule has 1 aliphatic heterocycles. The molecule has 2 fully saturated rings. The Hall–Kier alpha value is -0.860. The van der Waals surface area contributed by atoms with Crippen LogP contribution in [0, 0.1) is 16.7 Å². The molecule has 0 unspecified atom stereocenters. The number of carbonyl (C=O) groups is 2. The van der Waals surface area contributed by atoms with Crippen LogP contribution in [0.1, 0.15) is 41.0 Å². The molecule has 0 spiro atoms. The van der Waals surface area contributed by atoms with Crippen molar-refractivity contribution < 1.29 is 9.59 Å². The van der Waals surface area contributed by atoms with Crippen molar-refractivity contribution in [1.29, 1.82) is 0 Å². The first-order valence-corrected chi connectivity index (χ1v) is 5.98. The Bertz CT molecular complexity index is 361. The van der Waals surface area contributed by atoms with E-state index < -0.39 is 0 Å². The molecule has 1 aliphatic carbocycles. The van der Waals surface area contributed by atoms with Gasteiger partial charge >= 0.3 is 0 Å². The van der Waals surface area contributed by atoms with Crippen LogP contribution in [0.2, 0.25) is 0 Å². The van der Waals surface area contributed by atoms with Gasteiger partial charge in [0.05, 0.1) is 6.04 Å². The summed E-state index contributed by atoms with van der Waals surface area (Å²) in [5.41, 5.74) is 0.366. The van der Waals surface area contributed by atoms with E-state index in [1.807, 2.05) is 0 Å². The van der Waals surface area contributed by atoms with E-state index in [0.29, 0.717) is 5.92 Å². The fourth-order valence-corrected chi connectivity index (χ4v) is 3.65. The van der Waals surface area contributed by atoms with E-state index in [-0.39, 0.29) is 28.6 Å². The Morgan fingerprint density at radius 3 is 2.12 bits per heavy atom. The van der Waals surface area contributed by atoms with Crippen LogP contribution in [-0.2, 0) is 9.59 Å². The minimum Gasteiger partial charge on any atom is -0.332 e. The van der Waals surface area contributed by atoms with Gasteiger partial charge in [-0.05, 0) is 30.1 Å². The van der Waals surface area contributed by atoms with Crippen LogP contribution in [0.25, 0.3) is 0 Å². The number of fused-ring (bicyclic) bond motifs is 1. The van der Waals surface area contributed by atoms with Crippen LogP contribution >= 0.6 is 0 Å². The standard InChI is InChI=1S/C13H21NO2/c1-8(15)11-10-6-12(3,4)13(10,5)7-14(11)9(2)16/h10-11H,6-7H2,1-5H3/t10-,11-,13+/m1/s1. The zero-order valence-corrected chi connectivity index (χ0v) is 10.8. The molecule has 1 saturated carbocycles. The summed E-state index contributed by atoms with van der Waals surface area (Å²) in [5, 5.41) is 0. The van der Waals surface area contributed by atoms with Gasteiger partial charge in [-0.15, -0.1) is 0 Å². The van der Waals surface area contributed by atoms with Crippen LogP contribution in [0.3, 0.4) is 0 Å². The van der Waals surface area contributed by atoms with Crippen molar-refractivity contribution in [2.75, 3.05) is 6.54 Å². The molecule has 3 atom stereocenters. The van der Waals surface area contributed by atoms with Crippen molar-refractivity contribution in [2.24, 2.45) is 16.7 Å². The van der Waals surface area contributed by atoms with Crippen molar-refractivity contribution in [2.45, 2.75) is 47.1 Å². The Morgan fingerprint density at radius 2 is 1.75 bits per heavy atom. The summed E-state index contributed by atoms with van der Waals surface area (Å²) in [6.07, 6.45) is 1.05. The van der Waals surface area contributed by atoms with Crippen LogP contribution in [0.5, 0.6) is 0 Å². The van der Waals surface area contributed by atoms with E-state index in [2.05, 4.69) is 20.8 Å². The van der Waals surface area contributed by atoms with Crippen LogP contribution in [0.4, 0.5) is 0 Å². The number of nitrogens with zero attached hydrogens (tertiary/aromatic N) is 1. The van der Waals surface area contributed by atoms with E-state index >= 15 is 0 Å². The first-order chi connectivity index (χ1) is 7.21. The van der Waals surface area contributed by atoms with Gasteiger partial charge in [-0.25, -0.2) is 0 Å². The minimum absolute atomic E-state index is 0.0339. The maximum Gasteiger partial charge on any atom is 0.220 e. The highest BCUT2D eigenvalue weighted by atomic mass is 16.2. The molecule has 0 aromatic rings. The predicted octanol–water partition coefficient (Wildman–Crippen LogP) is 1.86. The van der Waals surface area contributed by atoms with Crippen molar-refractivity contribution in [3.8, 4) is 0 Å². The van der Waals surface area contributed by atoms with E-state index in [4.69, 9.17) is 0 Å². The molecule has 1 amide bonds. The summed E-state index contributed by atoms with van der Waals surface area (Å²) >= 11 is 0. The fourth-order valence-electron chi connectivity index (χ4n) is 3.65. The Balaban J connectivity index is 2.34. The lowest BCUT2D eigenvalue weighted by Crippen LogP contribution is -2.55. The zero-order valence-electron chi connectivity index (χ0n) is 10.8. The lowest BCUT2D eigenvalue weighted by atomic mass is 9.46. The number of rotatable bonds is 1. The van der Waals surface area contributed by atoms with E-state index in [1.54, 1.807) is 18.7 Å². The quantitative estimate of drug-likeness (QED) is 0.680. The van der Waals surface area contributed by atoms with E-state index in [9.17, 15) is 9.59 Å². The van der Waals surface area contributed by atoms with Crippen molar-refractivity contribution in [1.82, 2.24) is 4.90 Å². The molecular formula is C13H21NO2. The maximum atomic E-state index is 11.7. The zero-order chi connectivity index (χ0) is 12.3. The molecule has 0 aromatic heterocycles. The molecular weight excluding hydrogens is 202 g/mol. The summed E-state index contributed by atoms with van der Waals surface area (Å²) in [6.45, 7) is 10.6. The van der Waals surface area contributed by atoms with E-state index in [0.717, 1.165) is 13.0 Å². The number of carbonyl (C=O) groups excluding carboxylic acids is 2. The van der Waals surface area contributed by atoms with Gasteiger partial charge < -0.3 is 4.90 Å². The predicted molar refractivity (Wildman–Crippen MR) is 61.9 cm³/mol. The van der Waals surface area contributed by atoms with Gasteiger partial charge in [-0.3, -0.25) is 9.59 Å². The topological polar surface area (TPSA) is 37.4 Å². The van der Waals surface area contributed by atoms with Gasteiger partial charge in [0.2, 0.25) is 5.91 Å². The fraction of sp³-hybridized carbons (Fsp3) is 0.846. The Kier molecular flexibility index (Phi) is 2.24. The number of hydrogen-bond acceptors (Lipinski definition) is 2. The first kappa shape index (κ1) is 11.6. The van der Waals surface area contributed by atoms with Gasteiger partial charge in [0.1, 0.15) is 0 Å². The van der Waals surface area contributed by atoms with Crippen LogP contribution in [-0.4, -0.2) is 29.2 Å². The molecule has 1 saturated heterocycles. The van der Waals surface area contributed by atoms with Gasteiger partial charge in [-0.2, -0.15) is 0 Å². The van der Waals surface area contributed by atoms with Gasteiger partial charge in [0.15, 0.2) is 5.78 Å². The van der Waals surface area contributed by atoms with E-state index in [1.165, 1.54) is 0 Å². The SMILES string of the molecule is CC(=O)[C@@H]1[C@H]2CC(C)(C)[C@@]2(C)CN1C(C)=O. The number of likely N-dealkylation sites (tertiary alicyclic amines) is 1. The van der Waals surface area contributed by atoms with Gasteiger partial charge in [0, 0.05) is 13.5 Å². The van der Waals surface area contributed by atoms with Crippen molar-refractivity contribution >= 4 is 11.7 Å². The largest absolute Gasteiger partial charge is 0.332 e. The second-order valence-corrected chi connectivity index (χ2v) is 6.31. The highest BCUT2D eigenvalue weighted by Crippen LogP contribution is 2.65. The first-order valence-electron chi connectivity index (χ1n) is 5.98. The third-order valence-corrected chi connectivity index (χ3v) is 5.13. The molecule has 3 nitrogen and oxygen atoms in total. The molecule has 0 bridgehead atoms. The Morgan fingerprint density at radius 1 is 1.19 bits per heavy atom. The molecule has 0 radical (unpaired) electrons. The second kappa shape index (κ2) is 3.08. The highest BCUT2D eigenvalue weighted by molar-refractivity contribution is 5.88. The summed E-state index contributed by atoms with van der Waals surface area (Å²) in [7, 11) is 0. The van der Waals surface area contributed by atoms with Gasteiger partial charge in [0.25, 0.3) is 0 Å². The summed E-state index contributed by atoms with van der Waals surface area (Å²) in [6, 6.07) is -0.171. The van der Waals surface area contributed by atoms with Crippen molar-refractivity contribution in [3.63, 3.8) is 0 Å². The maximum absolute atomic E-state index is 11.7. The smallest absolute Gasteiger partial charge is 0.220 e. The lowest BCUT2D eigenvalue weighted by Gasteiger charge is -2.57. The average molecular weight is 223 g/mol. The monoisotopic (exact) mass is 223 g/mol. The summed E-state index contributed by atoms with van der Waals surface area (Å²) < 4.78 is 0. The Labute approximate surface area is 97.2 Å². The average Bonchev–Trinajstić information content (AvgIpc) is 2.38. The lowest BCUT2D eigenvalue weighted by molar-refractivity contribution is -0.137. The number of Topliss-reactive ketones (excluding diaryl/α,β-unsaturated/α-hetero) is 1. The molecule has 1 heterocycles. The highest BCUT2D eigenvalue weighted by Gasteiger charge is 2.66. The van der Waals surface area contributed by atoms with Crippen molar-refractivity contribution in [3.05, 3.63) is 0 Å². The number of amides is 1. The van der Waals surface area contributed by atoms with Crippen LogP contribution < -0.4 is 0 Å². The number of hydrogen-bond donors (Lipinski definition) is 0. The molecule has 2 aliphatic rings. The molecule has 16 heavy (non-hydrogen) atoms. The third kappa shape index (κ3) is 1.20. The molecule has 3 heteroatoms. The number of ketones is 1. The molecule has 0 N–H and O–H groups in total. The van der Waals surface area contributed by atoms with Gasteiger partial charge in [-0.1, -0.05) is 20.8 Å². The summed E-state index contributed by atoms with van der Waals surface area (Å²) in [5.74, 6) is 0.537. The summed E-state index contributed by atoms with van der Waals surface area (Å²) in [4.78, 5) is 25.1. The molecule has 0 aromatic carbocycles. The minimum atomic E-state index is -0.171. The molecule has 2 rings (SSSR count).